The molecule has 7 rings (SSSR count). The van der Waals surface area contributed by atoms with Gasteiger partial charge in [0.1, 0.15) is 41.3 Å². The third kappa shape index (κ3) is 4.89. The summed E-state index contributed by atoms with van der Waals surface area (Å²) in [5.74, 6) is -0.159. The van der Waals surface area contributed by atoms with Crippen LogP contribution in [-0.4, -0.2) is 50.4 Å². The minimum atomic E-state index is -1.28. The summed E-state index contributed by atoms with van der Waals surface area (Å²) in [6.45, 7) is 9.20. The van der Waals surface area contributed by atoms with Gasteiger partial charge in [-0.25, -0.2) is 9.97 Å². The Hall–Kier alpha value is -4.68. The first-order valence-corrected chi connectivity index (χ1v) is 16.1. The topological polar surface area (TPSA) is 172 Å². The van der Waals surface area contributed by atoms with Crippen LogP contribution in [0.1, 0.15) is 87.2 Å². The van der Waals surface area contributed by atoms with Crippen molar-refractivity contribution in [2.24, 2.45) is 11.8 Å². The first-order chi connectivity index (χ1) is 22.5. The Bertz CT molecular complexity index is 1850. The fourth-order valence-electron chi connectivity index (χ4n) is 6.76. The molecule has 47 heavy (non-hydrogen) atoms. The molecule has 3 aliphatic heterocycles. The van der Waals surface area contributed by atoms with Gasteiger partial charge in [-0.2, -0.15) is 0 Å². The number of anilines is 1. The molecule has 5 N–H and O–H groups in total. The van der Waals surface area contributed by atoms with E-state index in [2.05, 4.69) is 20.9 Å². The molecule has 0 saturated heterocycles. The SMILES string of the molecule is CCC(O)c1coc(-c2nc3oc2[C@@]24c5ccccc5NC2Oc2ccc(cc24)C[C@H](NC(=O)[C@@H](O)C(C)C)C(=O)N[C@H]3C(C)C)n1. The number of fused-ring (bicyclic) bond motifs is 4. The number of hydrogen-bond acceptors (Lipinski definition) is 10. The second-order valence-corrected chi connectivity index (χ2v) is 13.2. The normalized spacial score (nSPS) is 23.9. The monoisotopic (exact) mass is 641 g/mol. The van der Waals surface area contributed by atoms with Gasteiger partial charge < -0.3 is 39.7 Å². The van der Waals surface area contributed by atoms with Crippen LogP contribution >= 0.6 is 0 Å². The van der Waals surface area contributed by atoms with Crippen LogP contribution in [0, 0.1) is 11.8 Å². The van der Waals surface area contributed by atoms with E-state index in [0.29, 0.717) is 29.3 Å². The number of para-hydroxylation sites is 1. The predicted molar refractivity (Wildman–Crippen MR) is 170 cm³/mol. The third-order valence-electron chi connectivity index (χ3n) is 9.40. The van der Waals surface area contributed by atoms with Crippen LogP contribution in [0.3, 0.4) is 0 Å². The molecule has 5 heterocycles. The van der Waals surface area contributed by atoms with Gasteiger partial charge in [-0.1, -0.05) is 65.0 Å². The largest absolute Gasteiger partial charge is 0.469 e. The number of aliphatic hydroxyl groups excluding tert-OH is 2. The summed E-state index contributed by atoms with van der Waals surface area (Å²) in [4.78, 5) is 36.6. The van der Waals surface area contributed by atoms with E-state index in [1.165, 1.54) is 6.26 Å². The number of oxazole rings is 2. The lowest BCUT2D eigenvalue weighted by Crippen LogP contribution is -2.52. The first kappa shape index (κ1) is 30.9. The summed E-state index contributed by atoms with van der Waals surface area (Å²) >= 11 is 0. The minimum absolute atomic E-state index is 0.160. The quantitative estimate of drug-likeness (QED) is 0.198. The number of benzene rings is 2. The fraction of sp³-hybridized carbons (Fsp3) is 0.429. The molecule has 2 aromatic carbocycles. The van der Waals surface area contributed by atoms with Crippen molar-refractivity contribution in [2.75, 3.05) is 5.32 Å². The molecule has 3 aliphatic rings. The van der Waals surface area contributed by atoms with Gasteiger partial charge in [0.25, 0.3) is 0 Å². The number of hydrogen-bond donors (Lipinski definition) is 5. The van der Waals surface area contributed by atoms with E-state index < -0.39 is 47.7 Å². The van der Waals surface area contributed by atoms with Crippen LogP contribution in [0.25, 0.3) is 11.6 Å². The molecule has 6 atom stereocenters. The van der Waals surface area contributed by atoms with Crippen LogP contribution in [0.2, 0.25) is 0 Å². The van der Waals surface area contributed by atoms with Crippen LogP contribution in [0.4, 0.5) is 5.69 Å². The van der Waals surface area contributed by atoms with Crippen molar-refractivity contribution in [1.29, 1.82) is 0 Å². The maximum absolute atomic E-state index is 14.0. The van der Waals surface area contributed by atoms with E-state index in [1.807, 2.05) is 63.2 Å². The molecule has 0 saturated carbocycles. The molecule has 2 aromatic heterocycles. The highest BCUT2D eigenvalue weighted by Gasteiger charge is 2.61. The first-order valence-electron chi connectivity index (χ1n) is 16.1. The average molecular weight is 642 g/mol. The van der Waals surface area contributed by atoms with Gasteiger partial charge in [0.05, 0.1) is 6.10 Å². The van der Waals surface area contributed by atoms with Crippen molar-refractivity contribution < 1.29 is 33.4 Å². The van der Waals surface area contributed by atoms with E-state index in [4.69, 9.17) is 18.6 Å². The van der Waals surface area contributed by atoms with Crippen molar-refractivity contribution >= 4 is 17.5 Å². The zero-order valence-corrected chi connectivity index (χ0v) is 26.9. The smallest absolute Gasteiger partial charge is 0.249 e. The summed E-state index contributed by atoms with van der Waals surface area (Å²) < 4.78 is 19.3. The maximum atomic E-state index is 14.0. The zero-order valence-electron chi connectivity index (χ0n) is 26.9. The molecule has 0 radical (unpaired) electrons. The Morgan fingerprint density at radius 3 is 2.62 bits per heavy atom. The number of ether oxygens (including phenoxy) is 1. The molecule has 12 heteroatoms. The number of rotatable bonds is 7. The van der Waals surface area contributed by atoms with Gasteiger partial charge in [0, 0.05) is 17.7 Å². The van der Waals surface area contributed by atoms with E-state index in [-0.39, 0.29) is 30.0 Å². The van der Waals surface area contributed by atoms with Crippen molar-refractivity contribution in [3.8, 4) is 17.3 Å². The number of aliphatic hydroxyl groups is 2. The summed E-state index contributed by atoms with van der Waals surface area (Å²) in [5, 5.41) is 30.4. The number of amides is 2. The van der Waals surface area contributed by atoms with E-state index in [1.54, 1.807) is 13.8 Å². The van der Waals surface area contributed by atoms with E-state index >= 15 is 0 Å². The summed E-state index contributed by atoms with van der Waals surface area (Å²) in [7, 11) is 0. The van der Waals surface area contributed by atoms with E-state index in [9.17, 15) is 19.8 Å². The standard InChI is InChI=1S/C35H39N5O7/c1-6-24(41)23-15-45-32(37-23)27-29-35-19-9-7-8-10-21(19)38-34(35)46-25-12-11-18(13-20(25)35)14-22(36-31(44)28(42)17(4)5)30(43)39-26(16(2)3)33(40-27)47-29/h7-13,15-17,22,24,26,28,34,38,41-42H,6,14H2,1-5H3,(H,36,44)(H,39,43)/t22-,24?,26-,28-,34?,35-/m0/s1. The Labute approximate surface area is 271 Å². The Morgan fingerprint density at radius 1 is 1.09 bits per heavy atom. The van der Waals surface area contributed by atoms with Gasteiger partial charge in [0.2, 0.25) is 23.6 Å². The molecular weight excluding hydrogens is 602 g/mol. The molecule has 12 nitrogen and oxygen atoms in total. The number of nitrogens with one attached hydrogen (secondary N) is 3. The highest BCUT2D eigenvalue weighted by atomic mass is 16.5. The molecule has 2 amide bonds. The highest BCUT2D eigenvalue weighted by molar-refractivity contribution is 5.90. The second kappa shape index (κ2) is 11.5. The maximum Gasteiger partial charge on any atom is 0.249 e. The molecular formula is C35H39N5O7. The lowest BCUT2D eigenvalue weighted by Gasteiger charge is -2.29. The average Bonchev–Trinajstić information content (AvgIpc) is 3.83. The molecule has 1 spiro atoms. The van der Waals surface area contributed by atoms with Crippen molar-refractivity contribution in [3.05, 3.63) is 82.8 Å². The number of nitrogens with zero attached hydrogens (tertiary/aromatic N) is 2. The third-order valence-corrected chi connectivity index (χ3v) is 9.40. The molecule has 0 fully saturated rings. The molecule has 246 valence electrons. The van der Waals surface area contributed by atoms with Crippen LogP contribution in [0.15, 0.2) is 57.6 Å². The predicted octanol–water partition coefficient (Wildman–Crippen LogP) is 4.12. The molecule has 0 aliphatic carbocycles. The van der Waals surface area contributed by atoms with Crippen LogP contribution in [-0.2, 0) is 21.4 Å². The molecule has 2 unspecified atom stereocenters. The lowest BCUT2D eigenvalue weighted by molar-refractivity contribution is -0.135. The van der Waals surface area contributed by atoms with Gasteiger partial charge in [0.15, 0.2) is 17.7 Å². The molecule has 4 aromatic rings. The van der Waals surface area contributed by atoms with Gasteiger partial charge >= 0.3 is 0 Å². The van der Waals surface area contributed by atoms with Crippen molar-refractivity contribution in [3.63, 3.8) is 0 Å². The van der Waals surface area contributed by atoms with Gasteiger partial charge in [-0.05, 0) is 41.5 Å². The minimum Gasteiger partial charge on any atom is -0.469 e. The van der Waals surface area contributed by atoms with Crippen LogP contribution in [0.5, 0.6) is 5.75 Å². The lowest BCUT2D eigenvalue weighted by atomic mass is 9.72. The fourth-order valence-corrected chi connectivity index (χ4v) is 6.76. The number of carbonyl (C=O) groups is 2. The summed E-state index contributed by atoms with van der Waals surface area (Å²) in [5.41, 5.74) is 2.97. The zero-order chi connectivity index (χ0) is 33.2. The van der Waals surface area contributed by atoms with E-state index in [0.717, 1.165) is 22.4 Å². The highest BCUT2D eigenvalue weighted by Crippen LogP contribution is 2.59. The van der Waals surface area contributed by atoms with Crippen molar-refractivity contribution in [1.82, 2.24) is 20.6 Å². The summed E-state index contributed by atoms with van der Waals surface area (Å²) in [6, 6.07) is 11.9. The Kier molecular flexibility index (Phi) is 7.59. The molecule has 4 bridgehead atoms. The van der Waals surface area contributed by atoms with Gasteiger partial charge in [-0.15, -0.1) is 0 Å². The number of aromatic nitrogens is 2. The van der Waals surface area contributed by atoms with Gasteiger partial charge in [-0.3, -0.25) is 9.59 Å². The number of carbonyl (C=O) groups excluding carboxylic acids is 2. The van der Waals surface area contributed by atoms with Crippen LogP contribution < -0.4 is 20.7 Å². The summed E-state index contributed by atoms with van der Waals surface area (Å²) in [6.07, 6.45) is -0.691. The Morgan fingerprint density at radius 2 is 1.87 bits per heavy atom. The Balaban J connectivity index is 1.47. The van der Waals surface area contributed by atoms with Crippen molar-refractivity contribution in [2.45, 2.75) is 83.4 Å². The second-order valence-electron chi connectivity index (χ2n) is 13.2.